The van der Waals surface area contributed by atoms with Crippen LogP contribution in [0.4, 0.5) is 0 Å². The van der Waals surface area contributed by atoms with E-state index in [9.17, 15) is 14.4 Å². The summed E-state index contributed by atoms with van der Waals surface area (Å²) in [5.74, 6) is -1.25. The Morgan fingerprint density at radius 2 is 0.736 bits per heavy atom. The van der Waals surface area contributed by atoms with Crippen molar-refractivity contribution in [3.63, 3.8) is 0 Å². The SMILES string of the molecule is CC/C=C\C/C=C\C/C=C\C/C=C\C/C=C\CC(=O)OCC(COC(=O)CCCCCCC)OC(=O)C/C=C\C/C=C\C/C=C\C/C=C\C/C=C\CC. The highest BCUT2D eigenvalue weighted by Gasteiger charge is 2.18. The van der Waals surface area contributed by atoms with Gasteiger partial charge in [0.1, 0.15) is 13.2 Å². The average molecular weight is 731 g/mol. The maximum absolute atomic E-state index is 12.6. The van der Waals surface area contributed by atoms with Crippen molar-refractivity contribution in [3.05, 3.63) is 122 Å². The zero-order valence-corrected chi connectivity index (χ0v) is 33.2. The minimum absolute atomic E-state index is 0.0728. The van der Waals surface area contributed by atoms with E-state index in [-0.39, 0.29) is 32.0 Å². The molecule has 53 heavy (non-hydrogen) atoms. The molecule has 0 aliphatic rings. The number of rotatable bonds is 33. The van der Waals surface area contributed by atoms with Gasteiger partial charge in [0.15, 0.2) is 6.10 Å². The van der Waals surface area contributed by atoms with Crippen LogP contribution >= 0.6 is 0 Å². The number of unbranched alkanes of at least 4 members (excludes halogenated alkanes) is 4. The Bertz CT molecular complexity index is 1210. The van der Waals surface area contributed by atoms with Crippen LogP contribution in [-0.2, 0) is 28.6 Å². The quantitative estimate of drug-likeness (QED) is 0.0289. The van der Waals surface area contributed by atoms with E-state index in [2.05, 4.69) is 118 Å². The van der Waals surface area contributed by atoms with Crippen molar-refractivity contribution >= 4 is 17.9 Å². The molecule has 0 spiro atoms. The van der Waals surface area contributed by atoms with Gasteiger partial charge in [-0.25, -0.2) is 0 Å². The summed E-state index contributed by atoms with van der Waals surface area (Å²) in [4.78, 5) is 37.2. The van der Waals surface area contributed by atoms with Crippen LogP contribution in [0.15, 0.2) is 122 Å². The topological polar surface area (TPSA) is 78.9 Å². The number of carbonyl (C=O) groups excluding carboxylic acids is 3. The molecule has 0 saturated carbocycles. The highest BCUT2D eigenvalue weighted by atomic mass is 16.6. The zero-order chi connectivity index (χ0) is 38.7. The van der Waals surface area contributed by atoms with Crippen LogP contribution in [-0.4, -0.2) is 37.2 Å². The van der Waals surface area contributed by atoms with E-state index in [4.69, 9.17) is 14.2 Å². The van der Waals surface area contributed by atoms with Gasteiger partial charge in [0.2, 0.25) is 0 Å². The lowest BCUT2D eigenvalue weighted by atomic mass is 10.1. The van der Waals surface area contributed by atoms with Gasteiger partial charge in [0.05, 0.1) is 12.8 Å². The molecule has 0 aromatic heterocycles. The Kier molecular flexibility index (Phi) is 37.4. The van der Waals surface area contributed by atoms with Crippen LogP contribution in [0.2, 0.25) is 0 Å². The Morgan fingerprint density at radius 1 is 0.396 bits per heavy atom. The maximum Gasteiger partial charge on any atom is 0.310 e. The molecule has 0 bridgehead atoms. The van der Waals surface area contributed by atoms with Crippen molar-refractivity contribution in [1.82, 2.24) is 0 Å². The number of esters is 3. The molecule has 294 valence electrons. The third kappa shape index (κ3) is 38.9. The number of ether oxygens (including phenoxy) is 3. The van der Waals surface area contributed by atoms with Crippen LogP contribution in [0, 0.1) is 0 Å². The van der Waals surface area contributed by atoms with E-state index >= 15 is 0 Å². The predicted molar refractivity (Wildman–Crippen MR) is 223 cm³/mol. The third-order valence-corrected chi connectivity index (χ3v) is 7.53. The van der Waals surface area contributed by atoms with Gasteiger partial charge in [0.25, 0.3) is 0 Å². The average Bonchev–Trinajstić information content (AvgIpc) is 3.15. The molecule has 0 saturated heterocycles. The maximum atomic E-state index is 12.6. The van der Waals surface area contributed by atoms with Gasteiger partial charge in [-0.3, -0.25) is 14.4 Å². The molecule has 0 aliphatic heterocycles. The van der Waals surface area contributed by atoms with Crippen molar-refractivity contribution in [3.8, 4) is 0 Å². The summed E-state index contributed by atoms with van der Waals surface area (Å²) in [7, 11) is 0. The highest BCUT2D eigenvalue weighted by molar-refractivity contribution is 5.72. The zero-order valence-electron chi connectivity index (χ0n) is 33.2. The van der Waals surface area contributed by atoms with E-state index in [0.29, 0.717) is 12.8 Å². The normalized spacial score (nSPS) is 13.3. The highest BCUT2D eigenvalue weighted by Crippen LogP contribution is 2.08. The number of hydrogen-bond donors (Lipinski definition) is 0. The lowest BCUT2D eigenvalue weighted by molar-refractivity contribution is -0.166. The molecule has 0 aliphatic carbocycles. The summed E-state index contributed by atoms with van der Waals surface area (Å²) < 4.78 is 16.3. The van der Waals surface area contributed by atoms with Crippen molar-refractivity contribution in [1.29, 1.82) is 0 Å². The van der Waals surface area contributed by atoms with Gasteiger partial charge >= 0.3 is 17.9 Å². The van der Waals surface area contributed by atoms with Crippen molar-refractivity contribution in [2.24, 2.45) is 0 Å². The first-order valence-electron chi connectivity index (χ1n) is 20.0. The summed E-state index contributed by atoms with van der Waals surface area (Å²) in [6, 6.07) is 0. The number of allylic oxidation sites excluding steroid dienone is 18. The molecular formula is C47H70O6. The minimum Gasteiger partial charge on any atom is -0.462 e. The van der Waals surface area contributed by atoms with Crippen molar-refractivity contribution in [2.75, 3.05) is 13.2 Å². The molecule has 6 heteroatoms. The summed E-state index contributed by atoms with van der Waals surface area (Å²) in [6.45, 7) is 6.09. The van der Waals surface area contributed by atoms with Crippen LogP contribution in [0.1, 0.15) is 136 Å². The molecule has 1 atom stereocenters. The van der Waals surface area contributed by atoms with Gasteiger partial charge in [0, 0.05) is 6.42 Å². The second-order valence-corrected chi connectivity index (χ2v) is 12.5. The number of carbonyl (C=O) groups is 3. The fourth-order valence-electron chi connectivity index (χ4n) is 4.59. The van der Waals surface area contributed by atoms with Gasteiger partial charge < -0.3 is 14.2 Å². The molecule has 0 heterocycles. The lowest BCUT2D eigenvalue weighted by Gasteiger charge is -2.17. The lowest BCUT2D eigenvalue weighted by Crippen LogP contribution is -2.30. The first-order valence-corrected chi connectivity index (χ1v) is 20.0. The van der Waals surface area contributed by atoms with E-state index in [0.717, 1.165) is 89.9 Å². The Labute approximate surface area is 322 Å². The fourth-order valence-corrected chi connectivity index (χ4v) is 4.59. The molecular weight excluding hydrogens is 661 g/mol. The fraction of sp³-hybridized carbons (Fsp3) is 0.511. The molecule has 6 nitrogen and oxygen atoms in total. The first kappa shape index (κ1) is 48.8. The summed E-state index contributed by atoms with van der Waals surface area (Å²) in [5, 5.41) is 0. The largest absolute Gasteiger partial charge is 0.462 e. The van der Waals surface area contributed by atoms with Crippen molar-refractivity contribution in [2.45, 2.75) is 142 Å². The molecule has 0 aromatic carbocycles. The summed E-state index contributed by atoms with van der Waals surface area (Å²) in [5.41, 5.74) is 0. The minimum atomic E-state index is -0.869. The van der Waals surface area contributed by atoms with Gasteiger partial charge in [-0.15, -0.1) is 0 Å². The molecule has 0 N–H and O–H groups in total. The first-order chi connectivity index (χ1) is 26.0. The Balaban J connectivity index is 4.60. The molecule has 0 fully saturated rings. The summed E-state index contributed by atoms with van der Waals surface area (Å²) >= 11 is 0. The van der Waals surface area contributed by atoms with E-state index in [1.165, 1.54) is 0 Å². The standard InChI is InChI=1S/C47H70O6/c1-4-7-10-13-15-17-19-21-23-25-27-29-31-34-37-40-46(49)52-43-44(42-51-45(48)39-36-33-12-9-6-3)53-47(50)41-38-35-32-30-28-26-24-22-20-18-16-14-11-8-5-2/h7-8,10-11,15-18,21-24,27-30,34-35,37-38,44H,4-6,9,12-14,19-20,25-26,31-33,36,39-43H2,1-3H3/b10-7-,11-8-,17-15-,18-16-,23-21-,24-22-,29-27-,30-28-,37-34-,38-35-. The van der Waals surface area contributed by atoms with Crippen LogP contribution in [0.5, 0.6) is 0 Å². The van der Waals surface area contributed by atoms with Crippen LogP contribution in [0.3, 0.4) is 0 Å². The monoisotopic (exact) mass is 731 g/mol. The predicted octanol–water partition coefficient (Wildman–Crippen LogP) is 12.6. The van der Waals surface area contributed by atoms with Gasteiger partial charge in [-0.2, -0.15) is 0 Å². The van der Waals surface area contributed by atoms with Gasteiger partial charge in [-0.05, 0) is 70.6 Å². The molecule has 0 rings (SSSR count). The second kappa shape index (κ2) is 40.6. The van der Waals surface area contributed by atoms with E-state index in [1.807, 2.05) is 12.2 Å². The molecule has 0 aromatic rings. The molecule has 0 amide bonds. The third-order valence-electron chi connectivity index (χ3n) is 7.53. The van der Waals surface area contributed by atoms with E-state index in [1.54, 1.807) is 12.2 Å². The number of hydrogen-bond acceptors (Lipinski definition) is 6. The van der Waals surface area contributed by atoms with Crippen molar-refractivity contribution < 1.29 is 28.6 Å². The van der Waals surface area contributed by atoms with Crippen LogP contribution in [0.25, 0.3) is 0 Å². The van der Waals surface area contributed by atoms with Gasteiger partial charge in [-0.1, -0.05) is 168 Å². The Morgan fingerprint density at radius 3 is 1.13 bits per heavy atom. The van der Waals surface area contributed by atoms with Crippen LogP contribution < -0.4 is 0 Å². The Hall–Kier alpha value is -4.19. The smallest absolute Gasteiger partial charge is 0.310 e. The molecule has 0 radical (unpaired) electrons. The summed E-state index contributed by atoms with van der Waals surface area (Å²) in [6.07, 6.45) is 55.5. The van der Waals surface area contributed by atoms with E-state index < -0.39 is 18.0 Å². The molecule has 1 unspecified atom stereocenters. The second-order valence-electron chi connectivity index (χ2n) is 12.5.